The summed E-state index contributed by atoms with van der Waals surface area (Å²) in [6.45, 7) is 2.21. The third-order valence-corrected chi connectivity index (χ3v) is 3.61. The monoisotopic (exact) mass is 430 g/mol. The van der Waals surface area contributed by atoms with E-state index in [0.717, 1.165) is 4.90 Å². The van der Waals surface area contributed by atoms with E-state index in [-0.39, 0.29) is 37.1 Å². The fourth-order valence-electron chi connectivity index (χ4n) is 2.32. The molecular weight excluding hydrogens is 408 g/mol. The molecule has 4 amide bonds. The minimum absolute atomic E-state index is 0.0391. The van der Waals surface area contributed by atoms with Gasteiger partial charge in [0.15, 0.2) is 6.04 Å². The van der Waals surface area contributed by atoms with Gasteiger partial charge in [0, 0.05) is 13.3 Å². The van der Waals surface area contributed by atoms with E-state index in [9.17, 15) is 29.1 Å². The average Bonchev–Trinajstić information content (AvgIpc) is 3.22. The summed E-state index contributed by atoms with van der Waals surface area (Å²) in [6, 6.07) is -3.50. The number of anilines is 1. The number of hydrogen-bond acceptors (Lipinski definition) is 9. The van der Waals surface area contributed by atoms with Crippen LogP contribution in [0.15, 0.2) is 4.52 Å². The highest BCUT2D eigenvalue weighted by atomic mass is 16.5. The second-order valence-electron chi connectivity index (χ2n) is 6.14. The first kappa shape index (κ1) is 24.3. The van der Waals surface area contributed by atoms with Crippen molar-refractivity contribution in [2.45, 2.75) is 51.4 Å². The molecule has 0 aromatic carbocycles. The molecule has 2 rings (SSSR count). The SMILES string of the molecule is CC(N)=O.CC(O)C(NC(=O)NCc1nc(N2C(=O)CCC2C(=O)O)no1)C(=O)O. The van der Waals surface area contributed by atoms with E-state index >= 15 is 0 Å². The minimum Gasteiger partial charge on any atom is -0.480 e. The third kappa shape index (κ3) is 7.01. The fraction of sp³-hybridized carbons (Fsp3) is 0.533. The molecule has 1 saturated heterocycles. The van der Waals surface area contributed by atoms with Crippen LogP contribution in [0, 0.1) is 0 Å². The zero-order chi connectivity index (χ0) is 23.0. The maximum atomic E-state index is 11.8. The Kier molecular flexibility index (Phi) is 8.66. The molecule has 1 aromatic heterocycles. The molecule has 1 aliphatic heterocycles. The van der Waals surface area contributed by atoms with Crippen LogP contribution >= 0.6 is 0 Å². The lowest BCUT2D eigenvalue weighted by Crippen LogP contribution is -2.51. The minimum atomic E-state index is -1.51. The summed E-state index contributed by atoms with van der Waals surface area (Å²) in [4.78, 5) is 59.5. The zero-order valence-electron chi connectivity index (χ0n) is 16.1. The lowest BCUT2D eigenvalue weighted by Gasteiger charge is -2.17. The van der Waals surface area contributed by atoms with E-state index in [4.69, 9.17) is 14.7 Å². The number of carbonyl (C=O) groups is 5. The van der Waals surface area contributed by atoms with E-state index in [1.165, 1.54) is 13.8 Å². The van der Waals surface area contributed by atoms with Crippen LogP contribution in [-0.4, -0.2) is 73.4 Å². The highest BCUT2D eigenvalue weighted by molar-refractivity contribution is 6.00. The van der Waals surface area contributed by atoms with Crippen LogP contribution in [0.25, 0.3) is 0 Å². The molecule has 166 valence electrons. The number of aliphatic carboxylic acids is 2. The summed E-state index contributed by atoms with van der Waals surface area (Å²) in [7, 11) is 0. The Morgan fingerprint density at radius 2 is 1.93 bits per heavy atom. The number of aliphatic hydroxyl groups excluding tert-OH is 1. The molecular formula is C15H22N6O9. The van der Waals surface area contributed by atoms with Crippen LogP contribution < -0.4 is 21.3 Å². The van der Waals surface area contributed by atoms with Crippen molar-refractivity contribution >= 4 is 35.7 Å². The zero-order valence-corrected chi connectivity index (χ0v) is 16.1. The van der Waals surface area contributed by atoms with Gasteiger partial charge in [-0.2, -0.15) is 4.98 Å². The van der Waals surface area contributed by atoms with E-state index in [1.807, 2.05) is 5.32 Å². The number of nitrogens with two attached hydrogens (primary N) is 1. The van der Waals surface area contributed by atoms with Gasteiger partial charge < -0.3 is 36.2 Å². The Balaban J connectivity index is 0.00000103. The summed E-state index contributed by atoms with van der Waals surface area (Å²) >= 11 is 0. The highest BCUT2D eigenvalue weighted by Gasteiger charge is 2.39. The standard InChI is InChI=1S/C13H17N5O8.C2H5NO/c1-5(19)9(11(23)24)16-13(25)14-4-7-15-12(17-26-7)18-6(10(21)22)2-3-8(18)20;1-2(3)4/h5-6,9,19H,2-4H2,1H3,(H,21,22)(H,23,24)(H2,14,16,25);1H3,(H2,3,4). The van der Waals surface area contributed by atoms with Gasteiger partial charge in [0.25, 0.3) is 5.95 Å². The number of urea groups is 1. The van der Waals surface area contributed by atoms with Crippen molar-refractivity contribution in [3.63, 3.8) is 0 Å². The molecule has 0 saturated carbocycles. The molecule has 1 fully saturated rings. The van der Waals surface area contributed by atoms with Crippen molar-refractivity contribution in [2.75, 3.05) is 4.90 Å². The van der Waals surface area contributed by atoms with E-state index in [1.54, 1.807) is 0 Å². The first-order valence-electron chi connectivity index (χ1n) is 8.52. The molecule has 0 bridgehead atoms. The van der Waals surface area contributed by atoms with E-state index in [2.05, 4.69) is 21.2 Å². The maximum absolute atomic E-state index is 11.8. The van der Waals surface area contributed by atoms with Crippen LogP contribution in [-0.2, 0) is 25.7 Å². The number of nitrogens with zero attached hydrogens (tertiary/aromatic N) is 3. The number of amides is 4. The molecule has 0 radical (unpaired) electrons. The van der Waals surface area contributed by atoms with Crippen LogP contribution in [0.2, 0.25) is 0 Å². The van der Waals surface area contributed by atoms with Crippen LogP contribution in [0.1, 0.15) is 32.6 Å². The van der Waals surface area contributed by atoms with Gasteiger partial charge in [0.1, 0.15) is 6.04 Å². The van der Waals surface area contributed by atoms with Gasteiger partial charge in [0.2, 0.25) is 17.7 Å². The maximum Gasteiger partial charge on any atom is 0.328 e. The number of carboxylic acids is 2. The predicted octanol–water partition coefficient (Wildman–Crippen LogP) is -2.23. The van der Waals surface area contributed by atoms with Gasteiger partial charge in [-0.25, -0.2) is 14.4 Å². The predicted molar refractivity (Wildman–Crippen MR) is 95.8 cm³/mol. The first-order chi connectivity index (χ1) is 13.9. The third-order valence-electron chi connectivity index (χ3n) is 3.61. The Labute approximate surface area is 169 Å². The number of nitrogens with one attached hydrogen (secondary N) is 2. The van der Waals surface area contributed by atoms with E-state index < -0.39 is 42.1 Å². The van der Waals surface area contributed by atoms with E-state index in [0.29, 0.717) is 0 Å². The number of rotatable bonds is 7. The van der Waals surface area contributed by atoms with Crippen molar-refractivity contribution in [3.05, 3.63) is 5.89 Å². The molecule has 3 unspecified atom stereocenters. The molecule has 1 aliphatic rings. The highest BCUT2D eigenvalue weighted by Crippen LogP contribution is 2.24. The molecule has 2 heterocycles. The Hall–Kier alpha value is -3.75. The molecule has 15 heteroatoms. The van der Waals surface area contributed by atoms with Gasteiger partial charge in [-0.1, -0.05) is 0 Å². The normalized spacial score (nSPS) is 17.4. The van der Waals surface area contributed by atoms with Gasteiger partial charge >= 0.3 is 18.0 Å². The van der Waals surface area contributed by atoms with Crippen molar-refractivity contribution in [1.29, 1.82) is 0 Å². The number of carboxylic acid groups (broad SMARTS) is 2. The van der Waals surface area contributed by atoms with Crippen LogP contribution in [0.4, 0.5) is 10.7 Å². The van der Waals surface area contributed by atoms with Gasteiger partial charge in [0.05, 0.1) is 12.6 Å². The van der Waals surface area contributed by atoms with Gasteiger partial charge in [-0.05, 0) is 18.5 Å². The number of aromatic nitrogens is 2. The molecule has 0 spiro atoms. The lowest BCUT2D eigenvalue weighted by molar-refractivity contribution is -0.142. The smallest absolute Gasteiger partial charge is 0.328 e. The summed E-state index contributed by atoms with van der Waals surface area (Å²) in [5.41, 5.74) is 4.47. The number of aliphatic hydroxyl groups is 1. The molecule has 15 nitrogen and oxygen atoms in total. The quantitative estimate of drug-likeness (QED) is 0.270. The fourth-order valence-corrected chi connectivity index (χ4v) is 2.32. The second kappa shape index (κ2) is 10.7. The first-order valence-corrected chi connectivity index (χ1v) is 8.52. The Morgan fingerprint density at radius 1 is 1.33 bits per heavy atom. The summed E-state index contributed by atoms with van der Waals surface area (Å²) in [5, 5.41) is 35.1. The summed E-state index contributed by atoms with van der Waals surface area (Å²) < 4.78 is 4.85. The molecule has 30 heavy (non-hydrogen) atoms. The molecule has 1 aromatic rings. The average molecular weight is 430 g/mol. The number of hydrogen-bond donors (Lipinski definition) is 6. The van der Waals surface area contributed by atoms with Crippen LogP contribution in [0.5, 0.6) is 0 Å². The lowest BCUT2D eigenvalue weighted by atomic mass is 10.2. The van der Waals surface area contributed by atoms with Gasteiger partial charge in [-0.15, -0.1) is 0 Å². The van der Waals surface area contributed by atoms with Crippen LogP contribution in [0.3, 0.4) is 0 Å². The Morgan fingerprint density at radius 3 is 2.43 bits per heavy atom. The number of carbonyl (C=O) groups excluding carboxylic acids is 3. The summed E-state index contributed by atoms with van der Waals surface area (Å²) in [6.07, 6.45) is -1.16. The topological polar surface area (TPSA) is 238 Å². The molecule has 0 aliphatic carbocycles. The van der Waals surface area contributed by atoms with Crippen molar-refractivity contribution in [2.24, 2.45) is 5.73 Å². The van der Waals surface area contributed by atoms with Crippen molar-refractivity contribution < 1.29 is 43.8 Å². The molecule has 7 N–H and O–H groups in total. The number of primary amides is 1. The summed E-state index contributed by atoms with van der Waals surface area (Å²) in [5.74, 6) is -3.76. The second-order valence-corrected chi connectivity index (χ2v) is 6.14. The molecule has 3 atom stereocenters. The van der Waals surface area contributed by atoms with Gasteiger partial charge in [-0.3, -0.25) is 14.5 Å². The Bertz CT molecular complexity index is 804. The van der Waals surface area contributed by atoms with Crippen molar-refractivity contribution in [3.8, 4) is 0 Å². The largest absolute Gasteiger partial charge is 0.480 e. The van der Waals surface area contributed by atoms with Crippen molar-refractivity contribution in [1.82, 2.24) is 20.8 Å².